The average molecular weight is 125 g/mol. The van der Waals surface area contributed by atoms with Crippen LogP contribution in [0.5, 0.6) is 5.88 Å². The molecule has 0 aliphatic rings. The van der Waals surface area contributed by atoms with Gasteiger partial charge in [-0.2, -0.15) is 5.10 Å². The lowest BCUT2D eigenvalue weighted by Gasteiger charge is -1.96. The highest BCUT2D eigenvalue weighted by molar-refractivity contribution is 5.01. The molecule has 0 amide bonds. The Morgan fingerprint density at radius 3 is 3.11 bits per heavy atom. The van der Waals surface area contributed by atoms with E-state index >= 15 is 0 Å². The van der Waals surface area contributed by atoms with E-state index in [1.807, 2.05) is 6.92 Å². The average Bonchev–Trinajstić information content (AvgIpc) is 2.18. The van der Waals surface area contributed by atoms with Gasteiger partial charge in [0.05, 0.1) is 12.3 Å². The van der Waals surface area contributed by atoms with Crippen LogP contribution in [0.3, 0.4) is 0 Å². The Morgan fingerprint density at radius 1 is 1.89 bits per heavy atom. The summed E-state index contributed by atoms with van der Waals surface area (Å²) in [6, 6.07) is 2.56. The third-order valence-electron chi connectivity index (χ3n) is 1.07. The number of hydrogen-bond acceptors (Lipinski definition) is 2. The van der Waals surface area contributed by atoms with Crippen LogP contribution in [0.15, 0.2) is 6.20 Å². The van der Waals surface area contributed by atoms with Crippen LogP contribution in [0.1, 0.15) is 13.3 Å². The molecule has 1 rings (SSSR count). The zero-order valence-electron chi connectivity index (χ0n) is 5.33. The summed E-state index contributed by atoms with van der Waals surface area (Å²) in [6.45, 7) is 2.79. The molecule has 0 fully saturated rings. The second-order valence-corrected chi connectivity index (χ2v) is 1.84. The van der Waals surface area contributed by atoms with Crippen LogP contribution in [0, 0.1) is 6.07 Å². The summed E-state index contributed by atoms with van der Waals surface area (Å²) >= 11 is 0. The Balaban J connectivity index is 2.69. The summed E-state index contributed by atoms with van der Waals surface area (Å²) in [7, 11) is 0. The van der Waals surface area contributed by atoms with Crippen molar-refractivity contribution in [1.29, 1.82) is 0 Å². The lowest BCUT2D eigenvalue weighted by molar-refractivity contribution is 0.396. The van der Waals surface area contributed by atoms with Crippen LogP contribution in [-0.2, 0) is 6.54 Å². The molecule has 0 saturated carbocycles. The molecular weight excluding hydrogens is 116 g/mol. The topological polar surface area (TPSA) is 38.0 Å². The summed E-state index contributed by atoms with van der Waals surface area (Å²) in [5.41, 5.74) is 0. The van der Waals surface area contributed by atoms with Gasteiger partial charge in [-0.1, -0.05) is 6.92 Å². The minimum absolute atomic E-state index is 0.122. The maximum Gasteiger partial charge on any atom is 0.217 e. The first-order chi connectivity index (χ1) is 4.34. The van der Waals surface area contributed by atoms with Crippen LogP contribution >= 0.6 is 0 Å². The maximum absolute atomic E-state index is 8.93. The predicted molar refractivity (Wildman–Crippen MR) is 33.0 cm³/mol. The van der Waals surface area contributed by atoms with Gasteiger partial charge in [-0.15, -0.1) is 0 Å². The van der Waals surface area contributed by atoms with E-state index in [-0.39, 0.29) is 5.88 Å². The van der Waals surface area contributed by atoms with Crippen molar-refractivity contribution in [1.82, 2.24) is 9.78 Å². The van der Waals surface area contributed by atoms with Crippen LogP contribution < -0.4 is 0 Å². The van der Waals surface area contributed by atoms with Gasteiger partial charge in [0.1, 0.15) is 0 Å². The van der Waals surface area contributed by atoms with E-state index in [1.54, 1.807) is 0 Å². The first kappa shape index (κ1) is 6.13. The van der Waals surface area contributed by atoms with E-state index in [4.69, 9.17) is 5.11 Å². The van der Waals surface area contributed by atoms with Gasteiger partial charge in [0.15, 0.2) is 0 Å². The molecule has 3 heteroatoms. The van der Waals surface area contributed by atoms with Gasteiger partial charge in [0.25, 0.3) is 0 Å². The number of rotatable bonds is 2. The molecule has 0 aliphatic carbocycles. The third kappa shape index (κ3) is 1.22. The molecule has 1 aromatic rings. The Labute approximate surface area is 53.9 Å². The first-order valence-electron chi connectivity index (χ1n) is 2.97. The lowest BCUT2D eigenvalue weighted by atomic mass is 10.5. The molecule has 1 heterocycles. The van der Waals surface area contributed by atoms with Crippen LogP contribution in [-0.4, -0.2) is 14.9 Å². The molecule has 0 atom stereocenters. The van der Waals surface area contributed by atoms with E-state index in [1.165, 1.54) is 10.9 Å². The highest BCUT2D eigenvalue weighted by Crippen LogP contribution is 2.04. The van der Waals surface area contributed by atoms with Crippen LogP contribution in [0.2, 0.25) is 0 Å². The molecule has 0 bridgehead atoms. The Bertz CT molecular complexity index is 183. The first-order valence-corrected chi connectivity index (χ1v) is 2.97. The molecule has 0 unspecified atom stereocenters. The summed E-state index contributed by atoms with van der Waals surface area (Å²) in [6.07, 6.45) is 2.44. The smallest absolute Gasteiger partial charge is 0.217 e. The highest BCUT2D eigenvalue weighted by atomic mass is 16.3. The molecule has 0 aliphatic heterocycles. The maximum atomic E-state index is 8.93. The summed E-state index contributed by atoms with van der Waals surface area (Å²) < 4.78 is 1.51. The van der Waals surface area contributed by atoms with Crippen molar-refractivity contribution < 1.29 is 5.11 Å². The fourth-order valence-corrected chi connectivity index (χ4v) is 0.661. The zero-order valence-corrected chi connectivity index (χ0v) is 5.33. The van der Waals surface area contributed by atoms with Crippen molar-refractivity contribution in [2.24, 2.45) is 0 Å². The summed E-state index contributed by atoms with van der Waals surface area (Å²) in [5, 5.41) is 12.7. The zero-order chi connectivity index (χ0) is 6.69. The second kappa shape index (κ2) is 2.53. The van der Waals surface area contributed by atoms with Crippen LogP contribution in [0.25, 0.3) is 0 Å². The van der Waals surface area contributed by atoms with Gasteiger partial charge in [-0.3, -0.25) is 0 Å². The van der Waals surface area contributed by atoms with E-state index in [9.17, 15) is 0 Å². The summed E-state index contributed by atoms with van der Waals surface area (Å²) in [4.78, 5) is 0. The molecule has 0 saturated heterocycles. The molecule has 0 spiro atoms. The minimum atomic E-state index is 0.122. The standard InChI is InChI=1S/C6H9N2O/c1-2-5-8-6(9)3-4-7-8/h4,9H,2,5H2,1H3. The Hall–Kier alpha value is -0.990. The predicted octanol–water partition coefficient (Wildman–Crippen LogP) is 0.799. The molecule has 1 aromatic heterocycles. The molecule has 1 radical (unpaired) electrons. The van der Waals surface area contributed by atoms with E-state index in [2.05, 4.69) is 11.2 Å². The van der Waals surface area contributed by atoms with Crippen molar-refractivity contribution in [2.75, 3.05) is 0 Å². The second-order valence-electron chi connectivity index (χ2n) is 1.84. The van der Waals surface area contributed by atoms with Crippen molar-refractivity contribution in [2.45, 2.75) is 19.9 Å². The molecule has 1 N–H and O–H groups in total. The molecule has 3 nitrogen and oxygen atoms in total. The molecule has 49 valence electrons. The van der Waals surface area contributed by atoms with Crippen molar-refractivity contribution in [3.63, 3.8) is 0 Å². The van der Waals surface area contributed by atoms with E-state index in [0.29, 0.717) is 0 Å². The van der Waals surface area contributed by atoms with Crippen molar-refractivity contribution >= 4 is 0 Å². The van der Waals surface area contributed by atoms with Gasteiger partial charge in [0.2, 0.25) is 5.88 Å². The van der Waals surface area contributed by atoms with Crippen molar-refractivity contribution in [3.05, 3.63) is 12.3 Å². The van der Waals surface area contributed by atoms with Gasteiger partial charge >= 0.3 is 0 Å². The van der Waals surface area contributed by atoms with Crippen LogP contribution in [0.4, 0.5) is 0 Å². The normalized spacial score (nSPS) is 9.89. The fourth-order valence-electron chi connectivity index (χ4n) is 0.661. The van der Waals surface area contributed by atoms with Gasteiger partial charge in [0, 0.05) is 6.54 Å². The third-order valence-corrected chi connectivity index (χ3v) is 1.07. The van der Waals surface area contributed by atoms with E-state index < -0.39 is 0 Å². The molecular formula is C6H9N2O. The number of hydrogen-bond donors (Lipinski definition) is 1. The SMILES string of the molecule is CCCn1nc[c]c1O. The summed E-state index contributed by atoms with van der Waals surface area (Å²) in [5.74, 6) is 0.122. The monoisotopic (exact) mass is 125 g/mol. The van der Waals surface area contributed by atoms with Gasteiger partial charge in [-0.05, 0) is 6.42 Å². The highest BCUT2D eigenvalue weighted by Gasteiger charge is 1.95. The number of nitrogens with zero attached hydrogens (tertiary/aromatic N) is 2. The largest absolute Gasteiger partial charge is 0.493 e. The number of aromatic hydroxyl groups is 1. The molecule has 0 aromatic carbocycles. The minimum Gasteiger partial charge on any atom is -0.493 e. The lowest BCUT2D eigenvalue weighted by Crippen LogP contribution is -1.96. The van der Waals surface area contributed by atoms with Gasteiger partial charge in [-0.25, -0.2) is 4.68 Å². The Morgan fingerprint density at radius 2 is 2.67 bits per heavy atom. The van der Waals surface area contributed by atoms with E-state index in [0.717, 1.165) is 13.0 Å². The van der Waals surface area contributed by atoms with Crippen molar-refractivity contribution in [3.8, 4) is 5.88 Å². The fraction of sp³-hybridized carbons (Fsp3) is 0.500. The van der Waals surface area contributed by atoms with Gasteiger partial charge < -0.3 is 5.11 Å². The number of aromatic nitrogens is 2. The number of aryl methyl sites for hydroxylation is 1. The molecule has 9 heavy (non-hydrogen) atoms. The quantitative estimate of drug-likeness (QED) is 0.634. The Kier molecular flexibility index (Phi) is 1.72.